The largest absolute Gasteiger partial charge is 0.480 e. The molecule has 4 nitrogen and oxygen atoms in total. The van der Waals surface area contributed by atoms with Gasteiger partial charge in [-0.15, -0.1) is 0 Å². The van der Waals surface area contributed by atoms with Gasteiger partial charge in [0.2, 0.25) is 0 Å². The standard InChI is InChI=1S/C11H15NO3/c1-8(10(12)11(13)14)15-7-9-5-3-2-4-6-9/h2-6,8,10H,7,12H2,1H3,(H,13,14). The van der Waals surface area contributed by atoms with Gasteiger partial charge in [0.1, 0.15) is 6.04 Å². The van der Waals surface area contributed by atoms with E-state index in [2.05, 4.69) is 0 Å². The number of benzene rings is 1. The number of rotatable bonds is 5. The van der Waals surface area contributed by atoms with Crippen LogP contribution in [-0.4, -0.2) is 23.2 Å². The van der Waals surface area contributed by atoms with Gasteiger partial charge in [-0.1, -0.05) is 30.3 Å². The molecule has 15 heavy (non-hydrogen) atoms. The van der Waals surface area contributed by atoms with Crippen LogP contribution in [0.5, 0.6) is 0 Å². The Balaban J connectivity index is 2.41. The van der Waals surface area contributed by atoms with Crippen LogP contribution >= 0.6 is 0 Å². The number of carboxylic acid groups (broad SMARTS) is 1. The third kappa shape index (κ3) is 3.69. The van der Waals surface area contributed by atoms with Crippen molar-refractivity contribution >= 4 is 5.97 Å². The maximum absolute atomic E-state index is 10.5. The summed E-state index contributed by atoms with van der Waals surface area (Å²) in [5.41, 5.74) is 6.40. The summed E-state index contributed by atoms with van der Waals surface area (Å²) < 4.78 is 5.35. The Morgan fingerprint density at radius 2 is 2.07 bits per heavy atom. The first kappa shape index (κ1) is 11.7. The molecule has 0 aliphatic rings. The fraction of sp³-hybridized carbons (Fsp3) is 0.364. The van der Waals surface area contributed by atoms with Gasteiger partial charge in [-0.25, -0.2) is 0 Å². The zero-order valence-electron chi connectivity index (χ0n) is 8.59. The molecule has 0 amide bonds. The Bertz CT molecular complexity index is 313. The van der Waals surface area contributed by atoms with Gasteiger partial charge < -0.3 is 15.6 Å². The minimum atomic E-state index is -1.05. The van der Waals surface area contributed by atoms with Crippen molar-refractivity contribution in [2.24, 2.45) is 5.73 Å². The van der Waals surface area contributed by atoms with Crippen LogP contribution in [0.2, 0.25) is 0 Å². The van der Waals surface area contributed by atoms with E-state index >= 15 is 0 Å². The van der Waals surface area contributed by atoms with Gasteiger partial charge in [0.05, 0.1) is 12.7 Å². The van der Waals surface area contributed by atoms with Crippen molar-refractivity contribution in [2.45, 2.75) is 25.7 Å². The van der Waals surface area contributed by atoms with E-state index in [4.69, 9.17) is 15.6 Å². The number of hydrogen-bond donors (Lipinski definition) is 2. The molecule has 0 heterocycles. The topological polar surface area (TPSA) is 72.5 Å². The number of hydrogen-bond acceptors (Lipinski definition) is 3. The van der Waals surface area contributed by atoms with Crippen molar-refractivity contribution in [3.05, 3.63) is 35.9 Å². The number of aliphatic carboxylic acids is 1. The Morgan fingerprint density at radius 1 is 1.47 bits per heavy atom. The van der Waals surface area contributed by atoms with Crippen molar-refractivity contribution in [1.82, 2.24) is 0 Å². The smallest absolute Gasteiger partial charge is 0.323 e. The molecule has 0 aliphatic heterocycles. The quantitative estimate of drug-likeness (QED) is 0.759. The van der Waals surface area contributed by atoms with Crippen LogP contribution in [0.1, 0.15) is 12.5 Å². The van der Waals surface area contributed by atoms with Crippen molar-refractivity contribution < 1.29 is 14.6 Å². The second-order valence-electron chi connectivity index (χ2n) is 3.37. The van der Waals surface area contributed by atoms with Crippen molar-refractivity contribution in [1.29, 1.82) is 0 Å². The first-order chi connectivity index (χ1) is 7.11. The van der Waals surface area contributed by atoms with Crippen LogP contribution in [0.3, 0.4) is 0 Å². The minimum Gasteiger partial charge on any atom is -0.480 e. The molecule has 2 atom stereocenters. The van der Waals surface area contributed by atoms with Crippen molar-refractivity contribution in [3.63, 3.8) is 0 Å². The molecule has 0 fully saturated rings. The van der Waals surface area contributed by atoms with Crippen LogP contribution in [0.15, 0.2) is 30.3 Å². The molecule has 0 aromatic heterocycles. The fourth-order valence-electron chi connectivity index (χ4n) is 1.11. The van der Waals surface area contributed by atoms with Gasteiger partial charge >= 0.3 is 5.97 Å². The van der Waals surface area contributed by atoms with Gasteiger partial charge in [-0.2, -0.15) is 0 Å². The highest BCUT2D eigenvalue weighted by molar-refractivity contribution is 5.73. The molecule has 82 valence electrons. The summed E-state index contributed by atoms with van der Waals surface area (Å²) in [6.45, 7) is 2.03. The summed E-state index contributed by atoms with van der Waals surface area (Å²) in [6.07, 6.45) is -0.497. The highest BCUT2D eigenvalue weighted by atomic mass is 16.5. The lowest BCUT2D eigenvalue weighted by molar-refractivity contribution is -0.142. The minimum absolute atomic E-state index is 0.378. The van der Waals surface area contributed by atoms with E-state index in [-0.39, 0.29) is 0 Å². The third-order valence-electron chi connectivity index (χ3n) is 2.15. The molecular formula is C11H15NO3. The molecule has 1 aromatic rings. The molecule has 0 saturated heterocycles. The zero-order valence-corrected chi connectivity index (χ0v) is 8.59. The molecule has 0 aliphatic carbocycles. The number of nitrogens with two attached hydrogens (primary N) is 1. The predicted molar refractivity (Wildman–Crippen MR) is 56.3 cm³/mol. The summed E-state index contributed by atoms with van der Waals surface area (Å²) in [4.78, 5) is 10.5. The van der Waals surface area contributed by atoms with Crippen molar-refractivity contribution in [3.8, 4) is 0 Å². The Kier molecular flexibility index (Phi) is 4.27. The summed E-state index contributed by atoms with van der Waals surface area (Å²) in [6, 6.07) is 8.57. The summed E-state index contributed by atoms with van der Waals surface area (Å²) in [7, 11) is 0. The lowest BCUT2D eigenvalue weighted by atomic mass is 10.2. The average molecular weight is 209 g/mol. The van der Waals surface area contributed by atoms with Crippen LogP contribution in [0.4, 0.5) is 0 Å². The van der Waals surface area contributed by atoms with Crippen LogP contribution < -0.4 is 5.73 Å². The molecule has 4 heteroatoms. The monoisotopic (exact) mass is 209 g/mol. The fourth-order valence-corrected chi connectivity index (χ4v) is 1.11. The first-order valence-corrected chi connectivity index (χ1v) is 4.75. The number of carboxylic acids is 1. The van der Waals surface area contributed by atoms with Gasteiger partial charge in [-0.3, -0.25) is 4.79 Å². The van der Waals surface area contributed by atoms with E-state index in [1.54, 1.807) is 6.92 Å². The predicted octanol–water partition coefficient (Wildman–Crippen LogP) is 1.00. The summed E-state index contributed by atoms with van der Waals surface area (Å²) in [5.74, 6) is -1.05. The van der Waals surface area contributed by atoms with Gasteiger partial charge in [0.15, 0.2) is 0 Å². The van der Waals surface area contributed by atoms with E-state index in [9.17, 15) is 4.79 Å². The van der Waals surface area contributed by atoms with Crippen LogP contribution in [-0.2, 0) is 16.1 Å². The van der Waals surface area contributed by atoms with Gasteiger partial charge in [-0.05, 0) is 12.5 Å². The normalized spacial score (nSPS) is 14.5. The summed E-state index contributed by atoms with van der Waals surface area (Å²) >= 11 is 0. The maximum atomic E-state index is 10.5. The van der Waals surface area contributed by atoms with E-state index in [1.165, 1.54) is 0 Å². The van der Waals surface area contributed by atoms with Gasteiger partial charge in [0.25, 0.3) is 0 Å². The second kappa shape index (κ2) is 5.48. The average Bonchev–Trinajstić information content (AvgIpc) is 2.26. The third-order valence-corrected chi connectivity index (χ3v) is 2.15. The summed E-state index contributed by atoms with van der Waals surface area (Å²) in [5, 5.41) is 8.64. The maximum Gasteiger partial charge on any atom is 0.323 e. The zero-order chi connectivity index (χ0) is 11.3. The Hall–Kier alpha value is -1.39. The molecule has 3 N–H and O–H groups in total. The first-order valence-electron chi connectivity index (χ1n) is 4.75. The number of carbonyl (C=O) groups is 1. The lowest BCUT2D eigenvalue weighted by Gasteiger charge is -2.16. The SMILES string of the molecule is CC(OCc1ccccc1)C(N)C(=O)O. The molecule has 1 aromatic carbocycles. The van der Waals surface area contributed by atoms with Crippen LogP contribution in [0.25, 0.3) is 0 Å². The molecular weight excluding hydrogens is 194 g/mol. The molecule has 0 radical (unpaired) electrons. The molecule has 0 saturated carbocycles. The highest BCUT2D eigenvalue weighted by Crippen LogP contribution is 2.05. The Morgan fingerprint density at radius 3 is 2.60 bits per heavy atom. The van der Waals surface area contributed by atoms with E-state index in [1.807, 2.05) is 30.3 Å². The van der Waals surface area contributed by atoms with E-state index < -0.39 is 18.1 Å². The van der Waals surface area contributed by atoms with Crippen molar-refractivity contribution in [2.75, 3.05) is 0 Å². The molecule has 1 rings (SSSR count). The molecule has 0 spiro atoms. The van der Waals surface area contributed by atoms with Crippen LogP contribution in [0, 0.1) is 0 Å². The van der Waals surface area contributed by atoms with E-state index in [0.29, 0.717) is 6.61 Å². The Labute approximate surface area is 88.7 Å². The second-order valence-corrected chi connectivity index (χ2v) is 3.37. The lowest BCUT2D eigenvalue weighted by Crippen LogP contribution is -2.41. The molecule has 2 unspecified atom stereocenters. The van der Waals surface area contributed by atoms with E-state index in [0.717, 1.165) is 5.56 Å². The number of ether oxygens (including phenoxy) is 1. The highest BCUT2D eigenvalue weighted by Gasteiger charge is 2.20. The molecule has 0 bridgehead atoms. The van der Waals surface area contributed by atoms with Gasteiger partial charge in [0, 0.05) is 0 Å².